The first-order chi connectivity index (χ1) is 14.6. The van der Waals surface area contributed by atoms with Crippen LogP contribution in [-0.2, 0) is 0 Å². The van der Waals surface area contributed by atoms with E-state index in [2.05, 4.69) is 79.5 Å². The molecule has 31 heavy (non-hydrogen) atoms. The van der Waals surface area contributed by atoms with Crippen molar-refractivity contribution in [2.45, 2.75) is 85.6 Å². The molecule has 166 valence electrons. The van der Waals surface area contributed by atoms with Crippen LogP contribution in [0.5, 0.6) is 0 Å². The van der Waals surface area contributed by atoms with Crippen LogP contribution in [0.4, 0.5) is 5.69 Å². The fourth-order valence-electron chi connectivity index (χ4n) is 7.71. The van der Waals surface area contributed by atoms with Gasteiger partial charge < -0.3 is 0 Å². The Bertz CT molecular complexity index is 880. The number of hydrogen-bond donors (Lipinski definition) is 0. The van der Waals surface area contributed by atoms with E-state index in [1.165, 1.54) is 72.2 Å². The molecule has 1 aliphatic heterocycles. The standard InChI is InChI=1S/C27H39GeN3/c1-17-9-18(2)23(19(3)10-17)29-24(26(4,5)6)30-7-8-31(25(30)28)27-14-20-11-21(15-27)13-22(12-20)16-27/h9-10,20-22H,7-8,11-16H2,1-6H3. The Hall–Kier alpha value is -1.10. The molecule has 1 aromatic rings. The fourth-order valence-corrected chi connectivity index (χ4v) is 8.90. The Labute approximate surface area is 197 Å². The van der Waals surface area contributed by atoms with Crippen LogP contribution >= 0.6 is 0 Å². The van der Waals surface area contributed by atoms with Gasteiger partial charge >= 0.3 is 198 Å². The van der Waals surface area contributed by atoms with Gasteiger partial charge in [0.05, 0.1) is 0 Å². The fraction of sp³-hybridized carbons (Fsp3) is 0.704. The van der Waals surface area contributed by atoms with Crippen molar-refractivity contribution < 1.29 is 0 Å². The number of benzene rings is 1. The quantitative estimate of drug-likeness (QED) is 0.316. The Morgan fingerprint density at radius 1 is 0.935 bits per heavy atom. The van der Waals surface area contributed by atoms with Crippen molar-refractivity contribution in [3.05, 3.63) is 28.8 Å². The van der Waals surface area contributed by atoms with Crippen molar-refractivity contribution in [2.24, 2.45) is 28.2 Å². The topological polar surface area (TPSA) is 18.8 Å². The molecule has 0 aromatic heterocycles. The van der Waals surface area contributed by atoms with E-state index >= 15 is 0 Å². The molecule has 0 spiro atoms. The van der Waals surface area contributed by atoms with Crippen LogP contribution in [-0.4, -0.2) is 54.9 Å². The number of aryl methyl sites for hydroxylation is 3. The predicted molar refractivity (Wildman–Crippen MR) is 132 cm³/mol. The van der Waals surface area contributed by atoms with Gasteiger partial charge in [0.25, 0.3) is 0 Å². The Morgan fingerprint density at radius 3 is 1.94 bits per heavy atom. The molecule has 0 N–H and O–H groups in total. The third-order valence-corrected chi connectivity index (χ3v) is 9.55. The van der Waals surface area contributed by atoms with Gasteiger partial charge in [-0.05, 0) is 0 Å². The van der Waals surface area contributed by atoms with Crippen LogP contribution in [0.1, 0.15) is 76.0 Å². The van der Waals surface area contributed by atoms with E-state index in [0.717, 1.165) is 30.0 Å². The number of rotatable bonds is 2. The van der Waals surface area contributed by atoms with Crippen LogP contribution in [0.25, 0.3) is 0 Å². The molecule has 6 rings (SSSR count). The van der Waals surface area contributed by atoms with Crippen molar-refractivity contribution >= 4 is 32.2 Å². The zero-order chi connectivity index (χ0) is 22.1. The SMILES string of the molecule is Cc1cc(C)c(N=C(N2CCN(C34CC5CC(CC(C5)C3)C4)[C]2=[Ge])C(C)(C)C)c(C)c1. The maximum atomic E-state index is 5.38. The van der Waals surface area contributed by atoms with Gasteiger partial charge in [-0.3, -0.25) is 0 Å². The van der Waals surface area contributed by atoms with Gasteiger partial charge in [0.2, 0.25) is 0 Å². The average Bonchev–Trinajstić information content (AvgIpc) is 3.00. The summed E-state index contributed by atoms with van der Waals surface area (Å²) in [5, 5.41) is 0. The minimum atomic E-state index is 0.00249. The molecule has 2 radical (unpaired) electrons. The summed E-state index contributed by atoms with van der Waals surface area (Å²) < 4.78 is 1.46. The molecule has 3 nitrogen and oxygen atoms in total. The molecule has 5 fully saturated rings. The summed E-state index contributed by atoms with van der Waals surface area (Å²) in [5.74, 6) is 4.19. The molecule has 0 unspecified atom stereocenters. The third-order valence-electron chi connectivity index (χ3n) is 8.42. The molecule has 4 bridgehead atoms. The van der Waals surface area contributed by atoms with Crippen molar-refractivity contribution in [3.8, 4) is 0 Å². The first-order valence-electron chi connectivity index (χ1n) is 12.4. The van der Waals surface area contributed by atoms with Gasteiger partial charge in [0.15, 0.2) is 0 Å². The van der Waals surface area contributed by atoms with Gasteiger partial charge in [0, 0.05) is 0 Å². The first kappa shape index (κ1) is 21.7. The van der Waals surface area contributed by atoms with Gasteiger partial charge in [-0.15, -0.1) is 0 Å². The van der Waals surface area contributed by atoms with Crippen molar-refractivity contribution in [2.75, 3.05) is 13.1 Å². The molecule has 1 saturated heterocycles. The number of nitrogens with zero attached hydrogens (tertiary/aromatic N) is 3. The summed E-state index contributed by atoms with van der Waals surface area (Å²) in [6.07, 6.45) is 8.83. The van der Waals surface area contributed by atoms with Crippen LogP contribution < -0.4 is 0 Å². The van der Waals surface area contributed by atoms with E-state index in [9.17, 15) is 0 Å². The van der Waals surface area contributed by atoms with Gasteiger partial charge in [-0.2, -0.15) is 0 Å². The van der Waals surface area contributed by atoms with Crippen LogP contribution in [0.2, 0.25) is 0 Å². The molecule has 5 aliphatic rings. The van der Waals surface area contributed by atoms with E-state index in [-0.39, 0.29) is 5.41 Å². The predicted octanol–water partition coefficient (Wildman–Crippen LogP) is 5.53. The molecule has 0 amide bonds. The number of amidine groups is 1. The van der Waals surface area contributed by atoms with E-state index < -0.39 is 0 Å². The molecular weight excluding hydrogens is 439 g/mol. The third kappa shape index (κ3) is 3.73. The number of hydrogen-bond acceptors (Lipinski definition) is 2. The zero-order valence-electron chi connectivity index (χ0n) is 20.4. The summed E-state index contributed by atoms with van der Waals surface area (Å²) in [7, 11) is 0. The molecule has 0 atom stereocenters. The zero-order valence-corrected chi connectivity index (χ0v) is 22.5. The Balaban J connectivity index is 1.48. The number of aliphatic imine (C=N–C) groups is 1. The first-order valence-corrected chi connectivity index (χ1v) is 13.4. The minimum absolute atomic E-state index is 0.00249. The van der Waals surface area contributed by atoms with Gasteiger partial charge in [-0.25, -0.2) is 0 Å². The molecule has 4 heteroatoms. The molecule has 4 aliphatic carbocycles. The van der Waals surface area contributed by atoms with Crippen molar-refractivity contribution in [1.29, 1.82) is 0 Å². The molecular formula is C27H39GeN3. The van der Waals surface area contributed by atoms with Crippen LogP contribution in [0.3, 0.4) is 0 Å². The summed E-state index contributed by atoms with van der Waals surface area (Å²) in [5.41, 5.74) is 5.50. The van der Waals surface area contributed by atoms with E-state index in [0.29, 0.717) is 5.54 Å². The second-order valence-electron chi connectivity index (χ2n) is 12.2. The maximum absolute atomic E-state index is 5.38. The Kier molecular flexibility index (Phi) is 5.23. The molecule has 4 saturated carbocycles. The van der Waals surface area contributed by atoms with Crippen LogP contribution in [0, 0.1) is 43.9 Å². The van der Waals surface area contributed by atoms with Crippen molar-refractivity contribution in [3.63, 3.8) is 0 Å². The van der Waals surface area contributed by atoms with Crippen LogP contribution in [0.15, 0.2) is 17.1 Å². The Morgan fingerprint density at radius 2 is 1.45 bits per heavy atom. The summed E-state index contributed by atoms with van der Waals surface area (Å²) >= 11 is 2.38. The average molecular weight is 478 g/mol. The van der Waals surface area contributed by atoms with E-state index in [4.69, 9.17) is 4.99 Å². The normalized spacial score (nSPS) is 33.0. The summed E-state index contributed by atoms with van der Waals surface area (Å²) in [6.45, 7) is 15.8. The monoisotopic (exact) mass is 479 g/mol. The second kappa shape index (κ2) is 7.47. The van der Waals surface area contributed by atoms with Crippen molar-refractivity contribution in [1.82, 2.24) is 9.80 Å². The summed E-state index contributed by atoms with van der Waals surface area (Å²) in [6, 6.07) is 4.54. The second-order valence-corrected chi connectivity index (χ2v) is 13.1. The molecule has 1 heterocycles. The summed E-state index contributed by atoms with van der Waals surface area (Å²) in [4.78, 5) is 10.8. The van der Waals surface area contributed by atoms with Gasteiger partial charge in [0.1, 0.15) is 0 Å². The van der Waals surface area contributed by atoms with E-state index in [1.807, 2.05) is 0 Å². The molecule has 1 aromatic carbocycles. The van der Waals surface area contributed by atoms with Gasteiger partial charge in [-0.1, -0.05) is 0 Å². The van der Waals surface area contributed by atoms with E-state index in [1.54, 1.807) is 0 Å².